The number of ketones is 1. The van der Waals surface area contributed by atoms with Crippen LogP contribution >= 0.6 is 0 Å². The minimum atomic E-state index is -1.06. The molecule has 0 aromatic carbocycles. The van der Waals surface area contributed by atoms with Crippen LogP contribution in [-0.4, -0.2) is 69.6 Å². The summed E-state index contributed by atoms with van der Waals surface area (Å²) in [6.07, 6.45) is 16.2. The molecule has 5 fully saturated rings. The van der Waals surface area contributed by atoms with Crippen molar-refractivity contribution in [1.29, 1.82) is 0 Å². The Bertz CT molecular complexity index is 1350. The zero-order valence-electron chi connectivity index (χ0n) is 28.0. The highest BCUT2D eigenvalue weighted by Gasteiger charge is 2.69. The number of carbonyl (C=O) groups is 5. The molecule has 11 heteroatoms. The van der Waals surface area contributed by atoms with Crippen molar-refractivity contribution in [2.45, 2.75) is 127 Å². The molecule has 47 heavy (non-hydrogen) atoms. The lowest BCUT2D eigenvalue weighted by Crippen LogP contribution is -2.62. The highest BCUT2D eigenvalue weighted by molar-refractivity contribution is 6.37. The fourth-order valence-electron chi connectivity index (χ4n) is 9.07. The zero-order valence-corrected chi connectivity index (χ0v) is 28.0. The third kappa shape index (κ3) is 7.33. The molecule has 2 heterocycles. The van der Waals surface area contributed by atoms with Crippen LogP contribution in [0, 0.1) is 29.1 Å². The van der Waals surface area contributed by atoms with E-state index in [0.717, 1.165) is 82.6 Å². The summed E-state index contributed by atoms with van der Waals surface area (Å²) in [7, 11) is 0. The van der Waals surface area contributed by atoms with Crippen molar-refractivity contribution in [2.75, 3.05) is 6.54 Å². The maximum Gasteiger partial charge on any atom is 0.315 e. The van der Waals surface area contributed by atoms with Gasteiger partial charge in [0.15, 0.2) is 0 Å². The number of fused-ring (bicyclic) bond motifs is 1. The summed E-state index contributed by atoms with van der Waals surface area (Å²) in [5.74, 6) is -2.19. The molecule has 5 N–H and O–H groups in total. The Kier molecular flexibility index (Phi) is 9.63. The van der Waals surface area contributed by atoms with Gasteiger partial charge in [-0.3, -0.25) is 24.2 Å². The van der Waals surface area contributed by atoms with E-state index in [1.54, 1.807) is 17.3 Å². The Morgan fingerprint density at radius 2 is 1.60 bits per heavy atom. The van der Waals surface area contributed by atoms with Gasteiger partial charge in [-0.1, -0.05) is 65.2 Å². The van der Waals surface area contributed by atoms with Gasteiger partial charge in [0, 0.05) is 24.5 Å². The summed E-state index contributed by atoms with van der Waals surface area (Å²) in [5.41, 5.74) is 5.92. The molecule has 2 unspecified atom stereocenters. The van der Waals surface area contributed by atoms with Gasteiger partial charge < -0.3 is 26.6 Å². The van der Waals surface area contributed by atoms with Crippen LogP contribution in [-0.2, 0) is 25.6 Å². The average molecular weight is 649 g/mol. The highest BCUT2D eigenvalue weighted by Crippen LogP contribution is 2.65. The summed E-state index contributed by atoms with van der Waals surface area (Å²) in [6, 6.07) is 1.10. The number of aromatic nitrogens is 1. The van der Waals surface area contributed by atoms with Crippen LogP contribution in [0.4, 0.5) is 4.79 Å². The predicted molar refractivity (Wildman–Crippen MR) is 176 cm³/mol. The van der Waals surface area contributed by atoms with Crippen LogP contribution in [0.2, 0.25) is 0 Å². The Balaban J connectivity index is 1.21. The van der Waals surface area contributed by atoms with Gasteiger partial charge in [0.25, 0.3) is 5.91 Å². The van der Waals surface area contributed by atoms with E-state index < -0.39 is 41.3 Å². The van der Waals surface area contributed by atoms with Gasteiger partial charge in [-0.15, -0.1) is 0 Å². The second-order valence-electron chi connectivity index (χ2n) is 15.7. The first-order valence-electron chi connectivity index (χ1n) is 17.9. The molecule has 256 valence electrons. The summed E-state index contributed by atoms with van der Waals surface area (Å²) < 4.78 is 0. The standard InChI is InChI=1S/C36H52N6O5/c1-35(2)25-21-42(29(27(25)35)32(45)39-26(19-22-11-12-22)30(43)31(37)44)33(46)28(24-9-5-3-6-10-24)40-34(47)41-36(15-7-4-8-16-36)20-23-13-17-38-18-14-23/h13-14,17-18,22,24-29H,3-12,15-16,19-21H2,1-2H3,(H2,37,44)(H,39,45)(H2,40,41,47)/t25?,26?,27-,28-,29-/m0/s1. The molecular formula is C36H52N6O5. The van der Waals surface area contributed by atoms with Gasteiger partial charge in [0.1, 0.15) is 12.1 Å². The van der Waals surface area contributed by atoms with Gasteiger partial charge in [-0.2, -0.15) is 0 Å². The molecule has 4 aliphatic carbocycles. The number of nitrogens with two attached hydrogens (primary N) is 1. The fraction of sp³-hybridized carbons (Fsp3) is 0.722. The largest absolute Gasteiger partial charge is 0.363 e. The van der Waals surface area contributed by atoms with Crippen LogP contribution in [0.25, 0.3) is 0 Å². The molecule has 0 spiro atoms. The van der Waals surface area contributed by atoms with E-state index in [4.69, 9.17) is 5.73 Å². The van der Waals surface area contributed by atoms with E-state index in [2.05, 4.69) is 34.8 Å². The molecule has 0 bridgehead atoms. The predicted octanol–water partition coefficient (Wildman–Crippen LogP) is 3.40. The number of nitrogens with one attached hydrogen (secondary N) is 3. The molecule has 4 saturated carbocycles. The number of urea groups is 1. The molecule has 0 radical (unpaired) electrons. The Labute approximate surface area is 277 Å². The second-order valence-corrected chi connectivity index (χ2v) is 15.7. The quantitative estimate of drug-likeness (QED) is 0.254. The number of piperidine rings is 1. The number of likely N-dealkylation sites (tertiary alicyclic amines) is 1. The first kappa shape index (κ1) is 33.4. The van der Waals surface area contributed by atoms with Gasteiger partial charge in [0.05, 0.1) is 6.04 Å². The van der Waals surface area contributed by atoms with Crippen molar-refractivity contribution in [2.24, 2.45) is 34.8 Å². The lowest BCUT2D eigenvalue weighted by Gasteiger charge is -2.40. The average Bonchev–Trinajstić information content (AvgIpc) is 3.91. The Morgan fingerprint density at radius 1 is 0.936 bits per heavy atom. The normalized spacial score (nSPS) is 27.5. The van der Waals surface area contributed by atoms with E-state index >= 15 is 0 Å². The van der Waals surface area contributed by atoms with Crippen molar-refractivity contribution in [3.63, 3.8) is 0 Å². The van der Waals surface area contributed by atoms with Crippen LogP contribution in [0.5, 0.6) is 0 Å². The molecule has 5 atom stereocenters. The molecule has 6 rings (SSSR count). The van der Waals surface area contributed by atoms with Gasteiger partial charge in [-0.05, 0) is 85.3 Å². The maximum absolute atomic E-state index is 14.6. The number of primary amides is 1. The van der Waals surface area contributed by atoms with Gasteiger partial charge >= 0.3 is 6.03 Å². The van der Waals surface area contributed by atoms with Gasteiger partial charge in [-0.25, -0.2) is 4.79 Å². The van der Waals surface area contributed by atoms with E-state index in [-0.39, 0.29) is 41.0 Å². The minimum absolute atomic E-state index is 0.0304. The first-order valence-corrected chi connectivity index (χ1v) is 17.9. The second kappa shape index (κ2) is 13.5. The number of nitrogens with zero attached hydrogens (tertiary/aromatic N) is 2. The lowest BCUT2D eigenvalue weighted by molar-refractivity contribution is -0.144. The smallest absolute Gasteiger partial charge is 0.315 e. The summed E-state index contributed by atoms with van der Waals surface area (Å²) in [5, 5.41) is 9.32. The van der Waals surface area contributed by atoms with Crippen LogP contribution in [0.1, 0.15) is 103 Å². The number of amides is 5. The summed E-state index contributed by atoms with van der Waals surface area (Å²) in [4.78, 5) is 72.9. The van der Waals surface area contributed by atoms with Crippen molar-refractivity contribution in [1.82, 2.24) is 25.8 Å². The first-order chi connectivity index (χ1) is 22.5. The molecule has 11 nitrogen and oxygen atoms in total. The number of hydrogen-bond acceptors (Lipinski definition) is 6. The van der Waals surface area contributed by atoms with E-state index in [1.807, 2.05) is 12.1 Å². The number of carbonyl (C=O) groups excluding carboxylic acids is 5. The fourth-order valence-corrected chi connectivity index (χ4v) is 9.07. The van der Waals surface area contributed by atoms with Crippen molar-refractivity contribution >= 4 is 29.5 Å². The lowest BCUT2D eigenvalue weighted by atomic mass is 9.77. The maximum atomic E-state index is 14.6. The number of pyridine rings is 1. The zero-order chi connectivity index (χ0) is 33.3. The topological polar surface area (TPSA) is 164 Å². The number of hydrogen-bond donors (Lipinski definition) is 4. The third-order valence-electron chi connectivity index (χ3n) is 12.1. The molecular weight excluding hydrogens is 596 g/mol. The molecule has 1 aliphatic heterocycles. The van der Waals surface area contributed by atoms with Crippen molar-refractivity contribution in [3.05, 3.63) is 30.1 Å². The third-order valence-corrected chi connectivity index (χ3v) is 12.1. The van der Waals surface area contributed by atoms with E-state index in [0.29, 0.717) is 19.4 Å². The van der Waals surface area contributed by atoms with Crippen molar-refractivity contribution < 1.29 is 24.0 Å². The molecule has 1 aromatic rings. The number of rotatable bonds is 12. The van der Waals surface area contributed by atoms with Crippen LogP contribution < -0.4 is 21.7 Å². The molecule has 5 amide bonds. The van der Waals surface area contributed by atoms with Gasteiger partial charge in [0.2, 0.25) is 17.6 Å². The van der Waals surface area contributed by atoms with Crippen LogP contribution in [0.15, 0.2) is 24.5 Å². The van der Waals surface area contributed by atoms with E-state index in [1.165, 1.54) is 0 Å². The SMILES string of the molecule is CC1(C)C2CN(C(=O)[C@@H](NC(=O)NC3(Cc4ccncc4)CCCCC3)C3CCCCC3)[C@H](C(=O)NC(CC3CC3)C(=O)C(N)=O)[C@H]21. The molecule has 5 aliphatic rings. The summed E-state index contributed by atoms with van der Waals surface area (Å²) in [6.45, 7) is 4.64. The monoisotopic (exact) mass is 648 g/mol. The highest BCUT2D eigenvalue weighted by atomic mass is 16.2. The molecule has 1 saturated heterocycles. The molecule has 1 aromatic heterocycles. The van der Waals surface area contributed by atoms with Crippen molar-refractivity contribution in [3.8, 4) is 0 Å². The van der Waals surface area contributed by atoms with E-state index in [9.17, 15) is 24.0 Å². The summed E-state index contributed by atoms with van der Waals surface area (Å²) >= 11 is 0. The number of Topliss-reactive ketones (excluding diaryl/α,β-unsaturated/α-hetero) is 1. The van der Waals surface area contributed by atoms with Crippen LogP contribution in [0.3, 0.4) is 0 Å². The minimum Gasteiger partial charge on any atom is -0.363 e. The Morgan fingerprint density at radius 3 is 2.23 bits per heavy atom. The Hall–Kier alpha value is -3.50.